The number of carbonyl (C=O) groups excluding carboxylic acids is 1. The van der Waals surface area contributed by atoms with E-state index in [1.54, 1.807) is 0 Å². The zero-order chi connectivity index (χ0) is 20.4. The molecule has 2 N–H and O–H groups in total. The van der Waals surface area contributed by atoms with Crippen LogP contribution in [-0.2, 0) is 6.42 Å². The molecular weight excluding hydrogens is 366 g/mol. The minimum absolute atomic E-state index is 0.0606. The number of aromatic nitrogens is 3. The van der Waals surface area contributed by atoms with Crippen LogP contribution in [0.15, 0.2) is 47.1 Å². The number of nitrogen functional groups attached to an aromatic ring is 1. The summed E-state index contributed by atoms with van der Waals surface area (Å²) < 4.78 is 5.26. The molecule has 1 amide bonds. The number of anilines is 1. The van der Waals surface area contributed by atoms with Gasteiger partial charge in [-0.15, -0.1) is 0 Å². The van der Waals surface area contributed by atoms with Crippen molar-refractivity contribution < 1.29 is 9.32 Å². The highest BCUT2D eigenvalue weighted by molar-refractivity contribution is 5.94. The van der Waals surface area contributed by atoms with Crippen molar-refractivity contribution in [3.8, 4) is 11.4 Å². The summed E-state index contributed by atoms with van der Waals surface area (Å²) in [7, 11) is 0. The fourth-order valence-electron chi connectivity index (χ4n) is 3.61. The van der Waals surface area contributed by atoms with Gasteiger partial charge in [-0.05, 0) is 42.5 Å². The van der Waals surface area contributed by atoms with E-state index in [1.807, 2.05) is 61.3 Å². The highest BCUT2D eigenvalue weighted by Crippen LogP contribution is 2.24. The summed E-state index contributed by atoms with van der Waals surface area (Å²) in [5, 5.41) is 4.02. The minimum atomic E-state index is 0.0606. The van der Waals surface area contributed by atoms with Gasteiger partial charge in [0, 0.05) is 36.3 Å². The van der Waals surface area contributed by atoms with Crippen molar-refractivity contribution >= 4 is 11.7 Å². The molecule has 0 aliphatic carbocycles. The van der Waals surface area contributed by atoms with Crippen molar-refractivity contribution in [2.24, 2.45) is 5.92 Å². The number of nitrogens with zero attached hydrogens (tertiary/aromatic N) is 4. The largest absolute Gasteiger partial charge is 0.384 e. The van der Waals surface area contributed by atoms with Gasteiger partial charge in [-0.1, -0.05) is 37.2 Å². The molecule has 1 saturated heterocycles. The van der Waals surface area contributed by atoms with E-state index in [0.29, 0.717) is 29.0 Å². The third kappa shape index (κ3) is 4.29. The number of nitrogens with two attached hydrogens (primary N) is 1. The first-order chi connectivity index (χ1) is 14.0. The van der Waals surface area contributed by atoms with E-state index in [2.05, 4.69) is 15.1 Å². The van der Waals surface area contributed by atoms with Gasteiger partial charge in [-0.25, -0.2) is 4.98 Å². The molecule has 1 fully saturated rings. The summed E-state index contributed by atoms with van der Waals surface area (Å²) in [6, 6.07) is 11.2. The number of hydrogen-bond acceptors (Lipinski definition) is 6. The second-order valence-corrected chi connectivity index (χ2v) is 7.89. The van der Waals surface area contributed by atoms with Crippen molar-refractivity contribution in [2.45, 2.75) is 32.6 Å². The van der Waals surface area contributed by atoms with Crippen LogP contribution in [0.4, 0.5) is 5.82 Å². The van der Waals surface area contributed by atoms with Crippen LogP contribution in [0.25, 0.3) is 11.4 Å². The summed E-state index contributed by atoms with van der Waals surface area (Å²) in [6.45, 7) is 5.54. The normalized spacial score (nSPS) is 16.5. The maximum Gasteiger partial charge on any atom is 0.253 e. The van der Waals surface area contributed by atoms with E-state index < -0.39 is 0 Å². The Bertz CT molecular complexity index is 979. The van der Waals surface area contributed by atoms with Gasteiger partial charge in [0.25, 0.3) is 5.91 Å². The number of carbonyl (C=O) groups is 1. The van der Waals surface area contributed by atoms with Crippen LogP contribution in [0.5, 0.6) is 0 Å². The minimum Gasteiger partial charge on any atom is -0.384 e. The molecule has 4 rings (SSSR count). The summed E-state index contributed by atoms with van der Waals surface area (Å²) in [4.78, 5) is 23.4. The molecule has 150 valence electrons. The molecule has 1 atom stereocenters. The third-order valence-electron chi connectivity index (χ3n) is 5.27. The Labute approximate surface area is 169 Å². The van der Waals surface area contributed by atoms with Crippen LogP contribution in [0, 0.1) is 5.92 Å². The molecule has 1 unspecified atom stereocenters. The Kier molecular flexibility index (Phi) is 5.29. The maximum absolute atomic E-state index is 12.9. The van der Waals surface area contributed by atoms with Crippen molar-refractivity contribution in [3.63, 3.8) is 0 Å². The average Bonchev–Trinajstić information content (AvgIpc) is 3.39. The zero-order valence-corrected chi connectivity index (χ0v) is 16.7. The topological polar surface area (TPSA) is 98.1 Å². The number of hydrogen-bond donors (Lipinski definition) is 1. The molecule has 1 aromatic carbocycles. The van der Waals surface area contributed by atoms with Gasteiger partial charge in [0.15, 0.2) is 0 Å². The van der Waals surface area contributed by atoms with Crippen molar-refractivity contribution in [1.29, 1.82) is 0 Å². The average molecular weight is 391 g/mol. The lowest BCUT2D eigenvalue weighted by atomic mass is 10.00. The second-order valence-electron chi connectivity index (χ2n) is 7.89. The quantitative estimate of drug-likeness (QED) is 0.714. The third-order valence-corrected chi connectivity index (χ3v) is 5.27. The SMILES string of the molecule is CC(C)c1nc(-c2ccc(C(=O)N3CCC(Cc4ccc(N)nc4)C3)cc2)no1. The number of pyridine rings is 1. The molecule has 2 aromatic heterocycles. The monoisotopic (exact) mass is 391 g/mol. The van der Waals surface area contributed by atoms with Gasteiger partial charge >= 0.3 is 0 Å². The van der Waals surface area contributed by atoms with Crippen LogP contribution in [0.2, 0.25) is 0 Å². The van der Waals surface area contributed by atoms with Gasteiger partial charge in [-0.2, -0.15) is 4.98 Å². The maximum atomic E-state index is 12.9. The van der Waals surface area contributed by atoms with Crippen molar-refractivity contribution in [2.75, 3.05) is 18.8 Å². The molecule has 1 aliphatic heterocycles. The summed E-state index contributed by atoms with van der Waals surface area (Å²) in [5.41, 5.74) is 8.32. The summed E-state index contributed by atoms with van der Waals surface area (Å²) in [6.07, 6.45) is 3.72. The fraction of sp³-hybridized carbons (Fsp3) is 0.364. The van der Waals surface area contributed by atoms with Crippen molar-refractivity contribution in [3.05, 3.63) is 59.6 Å². The van der Waals surface area contributed by atoms with E-state index in [4.69, 9.17) is 10.3 Å². The Balaban J connectivity index is 1.38. The standard InChI is InChI=1S/C22H25N5O2/c1-14(2)21-25-20(26-29-21)17-4-6-18(7-5-17)22(28)27-10-9-16(13-27)11-15-3-8-19(23)24-12-15/h3-8,12,14,16H,9-11,13H2,1-2H3,(H2,23,24). The number of benzene rings is 1. The van der Waals surface area contributed by atoms with Gasteiger partial charge in [-0.3, -0.25) is 4.79 Å². The first-order valence-electron chi connectivity index (χ1n) is 9.93. The molecule has 0 bridgehead atoms. The zero-order valence-electron chi connectivity index (χ0n) is 16.7. The van der Waals surface area contributed by atoms with Crippen LogP contribution in [0.3, 0.4) is 0 Å². The predicted molar refractivity (Wildman–Crippen MR) is 110 cm³/mol. The van der Waals surface area contributed by atoms with Crippen LogP contribution in [-0.4, -0.2) is 39.0 Å². The Hall–Kier alpha value is -3.22. The van der Waals surface area contributed by atoms with Gasteiger partial charge in [0.05, 0.1) is 0 Å². The molecule has 3 heterocycles. The van der Waals surface area contributed by atoms with E-state index in [9.17, 15) is 4.79 Å². The number of rotatable bonds is 5. The summed E-state index contributed by atoms with van der Waals surface area (Å²) in [5.74, 6) is 2.37. The van der Waals surface area contributed by atoms with Crippen LogP contribution in [0.1, 0.15) is 48.0 Å². The fourth-order valence-corrected chi connectivity index (χ4v) is 3.61. The van der Waals surface area contributed by atoms with Gasteiger partial charge < -0.3 is 15.2 Å². The van der Waals surface area contributed by atoms with Crippen LogP contribution < -0.4 is 5.73 Å². The molecule has 1 aliphatic rings. The predicted octanol–water partition coefficient (Wildman–Crippen LogP) is 3.54. The molecule has 0 spiro atoms. The molecule has 29 heavy (non-hydrogen) atoms. The second kappa shape index (κ2) is 8.03. The van der Waals surface area contributed by atoms with E-state index in [0.717, 1.165) is 37.1 Å². The Morgan fingerprint density at radius 3 is 2.69 bits per heavy atom. The lowest BCUT2D eigenvalue weighted by molar-refractivity contribution is 0.0787. The first-order valence-corrected chi connectivity index (χ1v) is 9.93. The van der Waals surface area contributed by atoms with Crippen LogP contribution >= 0.6 is 0 Å². The van der Waals surface area contributed by atoms with Crippen molar-refractivity contribution in [1.82, 2.24) is 20.0 Å². The van der Waals surface area contributed by atoms with E-state index in [1.165, 1.54) is 0 Å². The highest BCUT2D eigenvalue weighted by atomic mass is 16.5. The van der Waals surface area contributed by atoms with E-state index in [-0.39, 0.29) is 11.8 Å². The Morgan fingerprint density at radius 2 is 2.03 bits per heavy atom. The number of amides is 1. The molecule has 3 aromatic rings. The number of likely N-dealkylation sites (tertiary alicyclic amines) is 1. The first kappa shape index (κ1) is 19.1. The lowest BCUT2D eigenvalue weighted by Gasteiger charge is -2.17. The highest BCUT2D eigenvalue weighted by Gasteiger charge is 2.27. The molecular formula is C22H25N5O2. The summed E-state index contributed by atoms with van der Waals surface area (Å²) >= 11 is 0. The smallest absolute Gasteiger partial charge is 0.253 e. The molecule has 7 nitrogen and oxygen atoms in total. The Morgan fingerprint density at radius 1 is 1.24 bits per heavy atom. The van der Waals surface area contributed by atoms with Gasteiger partial charge in [0.2, 0.25) is 11.7 Å². The molecule has 7 heteroatoms. The molecule has 0 radical (unpaired) electrons. The van der Waals surface area contributed by atoms with E-state index >= 15 is 0 Å². The molecule has 0 saturated carbocycles. The lowest BCUT2D eigenvalue weighted by Crippen LogP contribution is -2.28. The van der Waals surface area contributed by atoms with Gasteiger partial charge in [0.1, 0.15) is 5.82 Å².